The van der Waals surface area contributed by atoms with Crippen LogP contribution >= 0.6 is 28.3 Å². The molecule has 108 valence electrons. The highest BCUT2D eigenvalue weighted by Crippen LogP contribution is 2.26. The molecule has 2 atom stereocenters. The largest absolute Gasteiger partial charge is 0.496 e. The second-order valence-corrected chi connectivity index (χ2v) is 6.04. The third-order valence-electron chi connectivity index (χ3n) is 3.69. The van der Waals surface area contributed by atoms with Crippen LogP contribution in [0, 0.1) is 5.92 Å². The molecule has 0 bridgehead atoms. The van der Waals surface area contributed by atoms with Crippen LogP contribution in [0.2, 0.25) is 0 Å². The van der Waals surface area contributed by atoms with Gasteiger partial charge in [0.25, 0.3) is 0 Å². The van der Waals surface area contributed by atoms with E-state index in [1.54, 1.807) is 7.11 Å². The molecule has 0 radical (unpaired) electrons. The zero-order valence-electron chi connectivity index (χ0n) is 11.4. The predicted molar refractivity (Wildman–Crippen MR) is 85.0 cm³/mol. The molecule has 1 aliphatic rings. The molecule has 5 heteroatoms. The number of piperidine rings is 1. The van der Waals surface area contributed by atoms with Gasteiger partial charge in [-0.05, 0) is 37.1 Å². The van der Waals surface area contributed by atoms with Crippen molar-refractivity contribution in [2.45, 2.75) is 25.9 Å². The number of benzene rings is 1. The summed E-state index contributed by atoms with van der Waals surface area (Å²) in [6.45, 7) is 5.30. The van der Waals surface area contributed by atoms with Crippen LogP contribution in [0.15, 0.2) is 22.7 Å². The monoisotopic (exact) mass is 348 g/mol. The van der Waals surface area contributed by atoms with Gasteiger partial charge in [-0.3, -0.25) is 4.90 Å². The number of nitrogens with zero attached hydrogens (tertiary/aromatic N) is 1. The van der Waals surface area contributed by atoms with Crippen LogP contribution in [0.1, 0.15) is 18.9 Å². The van der Waals surface area contributed by atoms with Crippen LogP contribution in [0.3, 0.4) is 0 Å². The van der Waals surface area contributed by atoms with E-state index in [1.807, 2.05) is 12.1 Å². The van der Waals surface area contributed by atoms with Crippen molar-refractivity contribution in [3.05, 3.63) is 28.2 Å². The van der Waals surface area contributed by atoms with E-state index in [2.05, 4.69) is 33.8 Å². The number of hydrogen-bond acceptors (Lipinski definition) is 3. The number of rotatable bonds is 3. The van der Waals surface area contributed by atoms with Crippen LogP contribution in [0.5, 0.6) is 5.75 Å². The van der Waals surface area contributed by atoms with Crippen LogP contribution in [0.25, 0.3) is 0 Å². The van der Waals surface area contributed by atoms with E-state index in [4.69, 9.17) is 10.5 Å². The number of ether oxygens (including phenoxy) is 1. The third kappa shape index (κ3) is 4.35. The smallest absolute Gasteiger partial charge is 0.123 e. The van der Waals surface area contributed by atoms with E-state index in [9.17, 15) is 0 Å². The molecule has 1 aliphatic heterocycles. The van der Waals surface area contributed by atoms with Crippen LogP contribution in [0.4, 0.5) is 0 Å². The summed E-state index contributed by atoms with van der Waals surface area (Å²) in [7, 11) is 1.72. The number of halogens is 2. The first-order valence-corrected chi connectivity index (χ1v) is 7.20. The van der Waals surface area contributed by atoms with Crippen LogP contribution in [-0.2, 0) is 6.54 Å². The topological polar surface area (TPSA) is 38.5 Å². The van der Waals surface area contributed by atoms with Gasteiger partial charge in [0.05, 0.1) is 7.11 Å². The van der Waals surface area contributed by atoms with Crippen molar-refractivity contribution in [3.63, 3.8) is 0 Å². The minimum atomic E-state index is 0. The average Bonchev–Trinajstić information content (AvgIpc) is 2.34. The Balaban J connectivity index is 0.00000180. The fourth-order valence-electron chi connectivity index (χ4n) is 2.51. The first kappa shape index (κ1) is 16.8. The van der Waals surface area contributed by atoms with E-state index in [0.29, 0.717) is 12.0 Å². The maximum Gasteiger partial charge on any atom is 0.123 e. The van der Waals surface area contributed by atoms with Crippen molar-refractivity contribution in [1.82, 2.24) is 4.90 Å². The lowest BCUT2D eigenvalue weighted by Gasteiger charge is -2.35. The fourth-order valence-corrected chi connectivity index (χ4v) is 2.91. The summed E-state index contributed by atoms with van der Waals surface area (Å²) in [5.74, 6) is 1.53. The Morgan fingerprint density at radius 2 is 2.21 bits per heavy atom. The number of nitrogens with two attached hydrogens (primary N) is 1. The molecule has 1 aromatic rings. The lowest BCUT2D eigenvalue weighted by Crippen LogP contribution is -2.45. The SMILES string of the molecule is COc1ccc(Br)cc1CN1CCC(N)C(C)C1.Cl. The van der Waals surface area contributed by atoms with E-state index in [-0.39, 0.29) is 12.4 Å². The average molecular weight is 350 g/mol. The predicted octanol–water partition coefficient (Wildman–Crippen LogP) is 3.05. The molecule has 1 fully saturated rings. The highest BCUT2D eigenvalue weighted by Gasteiger charge is 2.23. The maximum atomic E-state index is 6.06. The highest BCUT2D eigenvalue weighted by atomic mass is 79.9. The molecule has 0 aromatic heterocycles. The van der Waals surface area contributed by atoms with E-state index in [0.717, 1.165) is 36.3 Å². The molecule has 1 aromatic carbocycles. The summed E-state index contributed by atoms with van der Waals surface area (Å²) in [4.78, 5) is 2.46. The number of likely N-dealkylation sites (tertiary alicyclic amines) is 1. The Kier molecular flexibility index (Phi) is 6.60. The summed E-state index contributed by atoms with van der Waals surface area (Å²) in [5.41, 5.74) is 7.29. The fraction of sp³-hybridized carbons (Fsp3) is 0.571. The Morgan fingerprint density at radius 1 is 1.47 bits per heavy atom. The lowest BCUT2D eigenvalue weighted by atomic mass is 9.94. The summed E-state index contributed by atoms with van der Waals surface area (Å²) in [6.07, 6.45) is 1.08. The third-order valence-corrected chi connectivity index (χ3v) is 4.19. The van der Waals surface area contributed by atoms with Crippen molar-refractivity contribution in [3.8, 4) is 5.75 Å². The second-order valence-electron chi connectivity index (χ2n) is 5.12. The van der Waals surface area contributed by atoms with Crippen molar-refractivity contribution in [1.29, 1.82) is 0 Å². The summed E-state index contributed by atoms with van der Waals surface area (Å²) in [5, 5.41) is 0. The molecule has 0 saturated carbocycles. The van der Waals surface area contributed by atoms with E-state index in [1.165, 1.54) is 5.56 Å². The Bertz CT molecular complexity index is 416. The van der Waals surface area contributed by atoms with Gasteiger partial charge in [0.1, 0.15) is 5.75 Å². The highest BCUT2D eigenvalue weighted by molar-refractivity contribution is 9.10. The number of hydrogen-bond donors (Lipinski definition) is 1. The van der Waals surface area contributed by atoms with Gasteiger partial charge in [0.15, 0.2) is 0 Å². The molecule has 1 heterocycles. The Morgan fingerprint density at radius 3 is 2.84 bits per heavy atom. The molecular formula is C14H22BrClN2O. The molecule has 2 rings (SSSR count). The molecule has 3 nitrogen and oxygen atoms in total. The van der Waals surface area contributed by atoms with Crippen molar-refractivity contribution in [2.24, 2.45) is 11.7 Å². The molecule has 0 spiro atoms. The standard InChI is InChI=1S/C14H21BrN2O.ClH/c1-10-8-17(6-5-13(10)16)9-11-7-12(15)3-4-14(11)18-2;/h3-4,7,10,13H,5-6,8-9,16H2,1-2H3;1H. The van der Waals surface area contributed by atoms with Crippen molar-refractivity contribution < 1.29 is 4.74 Å². The Hall–Kier alpha value is -0.290. The Labute approximate surface area is 130 Å². The normalized spacial score (nSPS) is 23.8. The van der Waals surface area contributed by atoms with Gasteiger partial charge in [-0.25, -0.2) is 0 Å². The minimum Gasteiger partial charge on any atom is -0.496 e. The van der Waals surface area contributed by atoms with Crippen LogP contribution < -0.4 is 10.5 Å². The van der Waals surface area contributed by atoms with E-state index >= 15 is 0 Å². The molecular weight excluding hydrogens is 328 g/mol. The van der Waals surface area contributed by atoms with Crippen molar-refractivity contribution >= 4 is 28.3 Å². The second kappa shape index (κ2) is 7.48. The van der Waals surface area contributed by atoms with Crippen LogP contribution in [-0.4, -0.2) is 31.1 Å². The van der Waals surface area contributed by atoms with Gasteiger partial charge >= 0.3 is 0 Å². The molecule has 2 N–H and O–H groups in total. The first-order valence-electron chi connectivity index (χ1n) is 6.40. The molecule has 0 aliphatic carbocycles. The number of methoxy groups -OCH3 is 1. The van der Waals surface area contributed by atoms with Crippen molar-refractivity contribution in [2.75, 3.05) is 20.2 Å². The van der Waals surface area contributed by atoms with Gasteiger partial charge in [0, 0.05) is 29.2 Å². The minimum absolute atomic E-state index is 0. The maximum absolute atomic E-state index is 6.06. The van der Waals surface area contributed by atoms with Gasteiger partial charge in [-0.2, -0.15) is 0 Å². The van der Waals surface area contributed by atoms with Gasteiger partial charge in [0.2, 0.25) is 0 Å². The van der Waals surface area contributed by atoms with Gasteiger partial charge in [-0.1, -0.05) is 22.9 Å². The lowest BCUT2D eigenvalue weighted by molar-refractivity contribution is 0.156. The van der Waals surface area contributed by atoms with Gasteiger partial charge in [-0.15, -0.1) is 12.4 Å². The molecule has 2 unspecified atom stereocenters. The zero-order chi connectivity index (χ0) is 13.1. The molecule has 19 heavy (non-hydrogen) atoms. The summed E-state index contributed by atoms with van der Waals surface area (Å²) in [6, 6.07) is 6.51. The van der Waals surface area contributed by atoms with E-state index < -0.39 is 0 Å². The molecule has 0 amide bonds. The zero-order valence-corrected chi connectivity index (χ0v) is 13.8. The quantitative estimate of drug-likeness (QED) is 0.911. The summed E-state index contributed by atoms with van der Waals surface area (Å²) < 4.78 is 6.51. The first-order chi connectivity index (χ1) is 8.60. The summed E-state index contributed by atoms with van der Waals surface area (Å²) >= 11 is 3.52. The molecule has 1 saturated heterocycles. The van der Waals surface area contributed by atoms with Gasteiger partial charge < -0.3 is 10.5 Å².